The van der Waals surface area contributed by atoms with E-state index in [9.17, 15) is 0 Å². The lowest BCUT2D eigenvalue weighted by Gasteiger charge is -1.80. The molecule has 0 aliphatic carbocycles. The summed E-state index contributed by atoms with van der Waals surface area (Å²) in [5.74, 6) is 1.00. The van der Waals surface area contributed by atoms with Gasteiger partial charge in [0.25, 0.3) is 5.89 Å². The second kappa shape index (κ2) is 1.98. The van der Waals surface area contributed by atoms with Crippen LogP contribution in [0, 0.1) is 0 Å². The number of hydrogen-bond acceptors (Lipinski definition) is 4. The number of rotatable bonds is 1. The first kappa shape index (κ1) is 5.22. The fourth-order valence-corrected chi connectivity index (χ4v) is 0.682. The Labute approximate surface area is 56.5 Å². The number of furan rings is 1. The van der Waals surface area contributed by atoms with Crippen molar-refractivity contribution in [3.63, 3.8) is 0 Å². The lowest BCUT2D eigenvalue weighted by Crippen LogP contribution is -1.68. The zero-order chi connectivity index (χ0) is 6.81. The van der Waals surface area contributed by atoms with Gasteiger partial charge in [0.2, 0.25) is 0 Å². The largest absolute Gasteiger partial charge is 0.459 e. The van der Waals surface area contributed by atoms with E-state index in [0.717, 1.165) is 0 Å². The first-order chi connectivity index (χ1) is 4.97. The van der Waals surface area contributed by atoms with E-state index < -0.39 is 0 Å². The van der Waals surface area contributed by atoms with Crippen LogP contribution >= 0.6 is 0 Å². The minimum atomic E-state index is 0.407. The smallest absolute Gasteiger partial charge is 0.293 e. The second-order valence-electron chi connectivity index (χ2n) is 1.72. The summed E-state index contributed by atoms with van der Waals surface area (Å²) in [4.78, 5) is 3.79. The molecular formula is C6H4N2O2. The van der Waals surface area contributed by atoms with E-state index in [1.54, 1.807) is 18.4 Å². The van der Waals surface area contributed by atoms with Crippen LogP contribution in [0.15, 0.2) is 33.7 Å². The quantitative estimate of drug-likeness (QED) is 0.593. The summed E-state index contributed by atoms with van der Waals surface area (Å²) in [6.45, 7) is 0. The fraction of sp³-hybridized carbons (Fsp3) is 0. The molecule has 0 amide bonds. The van der Waals surface area contributed by atoms with Crippen molar-refractivity contribution in [2.45, 2.75) is 0 Å². The Morgan fingerprint density at radius 2 is 2.40 bits per heavy atom. The lowest BCUT2D eigenvalue weighted by atomic mass is 10.4. The van der Waals surface area contributed by atoms with E-state index in [1.165, 1.54) is 6.33 Å². The first-order valence-corrected chi connectivity index (χ1v) is 2.77. The topological polar surface area (TPSA) is 52.1 Å². The summed E-state index contributed by atoms with van der Waals surface area (Å²) in [6, 6.07) is 3.52. The molecule has 4 heteroatoms. The molecule has 4 nitrogen and oxygen atoms in total. The monoisotopic (exact) mass is 136 g/mol. The van der Waals surface area contributed by atoms with Gasteiger partial charge in [0.05, 0.1) is 6.26 Å². The maximum Gasteiger partial charge on any atom is 0.293 e. The van der Waals surface area contributed by atoms with Gasteiger partial charge in [0.15, 0.2) is 12.1 Å². The van der Waals surface area contributed by atoms with Gasteiger partial charge < -0.3 is 8.94 Å². The first-order valence-electron chi connectivity index (χ1n) is 2.77. The third kappa shape index (κ3) is 0.699. The maximum atomic E-state index is 4.98. The van der Waals surface area contributed by atoms with Crippen LogP contribution in [-0.2, 0) is 0 Å². The molecule has 2 heterocycles. The predicted molar refractivity (Wildman–Crippen MR) is 32.0 cm³/mol. The van der Waals surface area contributed by atoms with Crippen LogP contribution in [0.3, 0.4) is 0 Å². The van der Waals surface area contributed by atoms with Crippen LogP contribution in [0.25, 0.3) is 11.7 Å². The van der Waals surface area contributed by atoms with Crippen LogP contribution in [-0.4, -0.2) is 10.1 Å². The Kier molecular flexibility index (Phi) is 1.04. The molecule has 0 unspecified atom stereocenters. The Balaban J connectivity index is 2.48. The molecule has 0 atom stereocenters. The van der Waals surface area contributed by atoms with E-state index in [-0.39, 0.29) is 0 Å². The van der Waals surface area contributed by atoms with Crippen LogP contribution in [0.2, 0.25) is 0 Å². The van der Waals surface area contributed by atoms with Crippen molar-refractivity contribution in [3.05, 3.63) is 24.7 Å². The van der Waals surface area contributed by atoms with Crippen molar-refractivity contribution >= 4 is 0 Å². The third-order valence-electron chi connectivity index (χ3n) is 1.09. The standard InChI is InChI=1S/C6H4N2O2/c1-2-5(9-3-1)6-7-4-8-10-6/h1-4H. The predicted octanol–water partition coefficient (Wildman–Crippen LogP) is 1.33. The molecular weight excluding hydrogens is 132 g/mol. The highest BCUT2D eigenvalue weighted by Gasteiger charge is 2.03. The van der Waals surface area contributed by atoms with Crippen LogP contribution in [0.5, 0.6) is 0 Å². The summed E-state index contributed by atoms with van der Waals surface area (Å²) < 4.78 is 9.70. The molecule has 0 saturated carbocycles. The van der Waals surface area contributed by atoms with Gasteiger partial charge in [-0.15, -0.1) is 0 Å². The zero-order valence-electron chi connectivity index (χ0n) is 5.02. The molecule has 0 fully saturated rings. The minimum absolute atomic E-state index is 0.407. The highest BCUT2D eigenvalue weighted by molar-refractivity contribution is 5.41. The van der Waals surface area contributed by atoms with Crippen molar-refractivity contribution in [3.8, 4) is 11.7 Å². The van der Waals surface area contributed by atoms with Gasteiger partial charge in [-0.25, -0.2) is 0 Å². The average Bonchev–Trinajstić information content (AvgIpc) is 2.59. The van der Waals surface area contributed by atoms with E-state index in [2.05, 4.69) is 10.1 Å². The molecule has 0 aliphatic rings. The molecule has 2 aromatic heterocycles. The number of hydrogen-bond donors (Lipinski definition) is 0. The summed E-state index contributed by atoms with van der Waals surface area (Å²) in [5, 5.41) is 3.43. The van der Waals surface area contributed by atoms with Gasteiger partial charge in [-0.05, 0) is 12.1 Å². The van der Waals surface area contributed by atoms with Crippen molar-refractivity contribution in [1.82, 2.24) is 10.1 Å². The van der Waals surface area contributed by atoms with Crippen LogP contribution in [0.1, 0.15) is 0 Å². The highest BCUT2D eigenvalue weighted by Crippen LogP contribution is 2.14. The molecule has 2 aromatic rings. The van der Waals surface area contributed by atoms with Gasteiger partial charge in [-0.3, -0.25) is 0 Å². The van der Waals surface area contributed by atoms with E-state index in [4.69, 9.17) is 8.94 Å². The molecule has 0 spiro atoms. The molecule has 0 aliphatic heterocycles. The van der Waals surface area contributed by atoms with Gasteiger partial charge in [-0.2, -0.15) is 4.98 Å². The molecule has 2 rings (SSSR count). The van der Waals surface area contributed by atoms with Crippen molar-refractivity contribution < 1.29 is 8.94 Å². The van der Waals surface area contributed by atoms with Crippen LogP contribution < -0.4 is 0 Å². The molecule has 0 saturated heterocycles. The SMILES string of the molecule is c1coc(-c2ncno2)c1. The van der Waals surface area contributed by atoms with Crippen LogP contribution in [0.4, 0.5) is 0 Å². The molecule has 0 bridgehead atoms. The zero-order valence-corrected chi connectivity index (χ0v) is 5.02. The highest BCUT2D eigenvalue weighted by atomic mass is 16.5. The fourth-order valence-electron chi connectivity index (χ4n) is 0.682. The Morgan fingerprint density at radius 1 is 1.40 bits per heavy atom. The van der Waals surface area contributed by atoms with Gasteiger partial charge in [-0.1, -0.05) is 5.16 Å². The Morgan fingerprint density at radius 3 is 3.00 bits per heavy atom. The molecule has 0 N–H and O–H groups in total. The summed E-state index contributed by atoms with van der Waals surface area (Å²) in [6.07, 6.45) is 2.89. The lowest BCUT2D eigenvalue weighted by molar-refractivity contribution is 0.415. The molecule has 10 heavy (non-hydrogen) atoms. The minimum Gasteiger partial charge on any atom is -0.459 e. The average molecular weight is 136 g/mol. The van der Waals surface area contributed by atoms with Gasteiger partial charge in [0, 0.05) is 0 Å². The van der Waals surface area contributed by atoms with E-state index >= 15 is 0 Å². The van der Waals surface area contributed by atoms with Crippen molar-refractivity contribution in [2.75, 3.05) is 0 Å². The third-order valence-corrected chi connectivity index (χ3v) is 1.09. The van der Waals surface area contributed by atoms with Gasteiger partial charge in [0.1, 0.15) is 0 Å². The Hall–Kier alpha value is -1.58. The molecule has 0 aromatic carbocycles. The van der Waals surface area contributed by atoms with Crippen molar-refractivity contribution in [2.24, 2.45) is 0 Å². The second-order valence-corrected chi connectivity index (χ2v) is 1.72. The normalized spacial score (nSPS) is 10.0. The van der Waals surface area contributed by atoms with Gasteiger partial charge >= 0.3 is 0 Å². The maximum absolute atomic E-state index is 4.98. The Bertz CT molecular complexity index is 253. The summed E-state index contributed by atoms with van der Waals surface area (Å²) >= 11 is 0. The number of aromatic nitrogens is 2. The summed E-state index contributed by atoms with van der Waals surface area (Å²) in [5.41, 5.74) is 0. The van der Waals surface area contributed by atoms with E-state index in [0.29, 0.717) is 11.7 Å². The molecule has 0 radical (unpaired) electrons. The number of nitrogens with zero attached hydrogens (tertiary/aromatic N) is 2. The van der Waals surface area contributed by atoms with Crippen molar-refractivity contribution in [1.29, 1.82) is 0 Å². The van der Waals surface area contributed by atoms with E-state index in [1.807, 2.05) is 0 Å². The summed E-state index contributed by atoms with van der Waals surface area (Å²) in [7, 11) is 0. The molecule has 50 valence electrons.